The Morgan fingerprint density at radius 3 is 1.85 bits per heavy atom. The van der Waals surface area contributed by atoms with E-state index in [0.717, 1.165) is 33.8 Å². The maximum absolute atomic E-state index is 15.0. The van der Waals surface area contributed by atoms with Crippen molar-refractivity contribution < 1.29 is 63.1 Å². The van der Waals surface area contributed by atoms with Crippen LogP contribution in [0.4, 0.5) is 15.4 Å². The molecule has 0 saturated heterocycles. The second kappa shape index (κ2) is 34.6. The molecule has 4 heterocycles. The van der Waals surface area contributed by atoms with E-state index < -0.39 is 126 Å². The molecule has 31 heteroatoms. The fourth-order valence-electron chi connectivity index (χ4n) is 10.5. The maximum atomic E-state index is 15.0. The molecule has 7 rings (SSSR count). The first-order valence-corrected chi connectivity index (χ1v) is 36.2. The van der Waals surface area contributed by atoms with Gasteiger partial charge in [-0.3, -0.25) is 33.7 Å². The number of anilines is 1. The molecule has 0 aliphatic carbocycles. The number of hydrogen-bond acceptors (Lipinski definition) is 21. The van der Waals surface area contributed by atoms with Crippen LogP contribution in [0.5, 0.6) is 0 Å². The van der Waals surface area contributed by atoms with Crippen molar-refractivity contribution in [2.45, 2.75) is 148 Å². The first-order valence-electron chi connectivity index (χ1n) is 32.2. The molecule has 0 bridgehead atoms. The van der Waals surface area contributed by atoms with Gasteiger partial charge in [-0.15, -0.1) is 22.7 Å². The molecule has 100 heavy (non-hydrogen) atoms. The number of imidazole rings is 1. The molecule has 4 aromatic heterocycles. The zero-order chi connectivity index (χ0) is 73.4. The van der Waals surface area contributed by atoms with Crippen LogP contribution in [0.25, 0.3) is 10.7 Å². The minimum absolute atomic E-state index is 0.0120. The summed E-state index contributed by atoms with van der Waals surface area (Å²) in [5.41, 5.74) is 11.6. The van der Waals surface area contributed by atoms with Crippen LogP contribution in [0.3, 0.4) is 0 Å². The van der Waals surface area contributed by atoms with Gasteiger partial charge in [0.05, 0.1) is 66.8 Å². The van der Waals surface area contributed by atoms with Crippen molar-refractivity contribution >= 4 is 87.0 Å². The van der Waals surface area contributed by atoms with Crippen molar-refractivity contribution in [3.05, 3.63) is 164 Å². The van der Waals surface area contributed by atoms with Crippen LogP contribution in [0, 0.1) is 12.8 Å². The topological polar surface area (TPSA) is 413 Å². The lowest BCUT2D eigenvalue weighted by atomic mass is 9.77. The summed E-state index contributed by atoms with van der Waals surface area (Å²) in [6.07, 6.45) is 1.27. The minimum Gasteiger partial charge on any atom is -0.444 e. The lowest BCUT2D eigenvalue weighted by Crippen LogP contribution is -2.57. The molecule has 0 aliphatic heterocycles. The molecule has 0 aliphatic rings. The second-order valence-corrected chi connectivity index (χ2v) is 30.4. The lowest BCUT2D eigenvalue weighted by Gasteiger charge is -2.37. The number of aliphatic hydroxyl groups is 3. The number of carbonyl (C=O) groups excluding carboxylic acids is 8. The van der Waals surface area contributed by atoms with Crippen LogP contribution in [0.1, 0.15) is 135 Å². The molecule has 0 saturated carbocycles. The van der Waals surface area contributed by atoms with E-state index in [2.05, 4.69) is 69.3 Å². The highest BCUT2D eigenvalue weighted by molar-refractivity contribution is 7.95. The van der Waals surface area contributed by atoms with Gasteiger partial charge in [0.25, 0.3) is 11.8 Å². The van der Waals surface area contributed by atoms with E-state index in [9.17, 15) is 48.9 Å². The first-order chi connectivity index (χ1) is 47.2. The second-order valence-electron chi connectivity index (χ2n) is 26.2. The smallest absolute Gasteiger partial charge is 0.410 e. The number of thiazole rings is 2. The third kappa shape index (κ3) is 20.8. The number of aliphatic hydroxyl groups excluding tert-OH is 3. The number of carbonyl (C=O) groups is 8. The van der Waals surface area contributed by atoms with Gasteiger partial charge in [0.1, 0.15) is 74.6 Å². The zero-order valence-corrected chi connectivity index (χ0v) is 60.4. The minimum atomic E-state index is -2.00. The summed E-state index contributed by atoms with van der Waals surface area (Å²) in [5, 5.41) is 55.7. The number of hydrogen-bond donors (Lipinski definition) is 11. The summed E-state index contributed by atoms with van der Waals surface area (Å²) in [5.74, 6) is -6.07. The Balaban J connectivity index is 1.14. The summed E-state index contributed by atoms with van der Waals surface area (Å²) < 4.78 is 12.8. The number of benzene rings is 3. The van der Waals surface area contributed by atoms with E-state index in [-0.39, 0.29) is 52.7 Å². The van der Waals surface area contributed by atoms with E-state index in [1.165, 1.54) is 62.9 Å². The molecule has 0 spiro atoms. The Kier molecular flexibility index (Phi) is 27.0. The van der Waals surface area contributed by atoms with Crippen LogP contribution < -0.4 is 43.4 Å². The highest BCUT2D eigenvalue weighted by Crippen LogP contribution is 2.41. The Hall–Kier alpha value is -9.40. The molecule has 8 atom stereocenters. The molecule has 28 nitrogen and oxygen atoms in total. The van der Waals surface area contributed by atoms with Crippen LogP contribution in [0.2, 0.25) is 0 Å². The molecule has 7 aromatic rings. The van der Waals surface area contributed by atoms with Gasteiger partial charge in [-0.25, -0.2) is 34.5 Å². The Bertz CT molecular complexity index is 3860. The molecule has 8 amide bonds. The largest absolute Gasteiger partial charge is 0.444 e. The number of nitrogens with zero attached hydrogens (tertiary/aromatic N) is 7. The molecule has 0 fully saturated rings. The van der Waals surface area contributed by atoms with Crippen molar-refractivity contribution in [3.8, 4) is 10.7 Å². The van der Waals surface area contributed by atoms with Crippen LogP contribution in [-0.4, -0.2) is 183 Å². The molecular formula is C69H90N15O13S3+. The van der Waals surface area contributed by atoms with E-state index in [1.54, 1.807) is 56.9 Å². The zero-order valence-electron chi connectivity index (χ0n) is 58.0. The van der Waals surface area contributed by atoms with E-state index in [4.69, 9.17) is 20.9 Å². The number of ether oxygens (including phenoxy) is 2. The van der Waals surface area contributed by atoms with Crippen LogP contribution in [-0.2, 0) is 58.1 Å². The van der Waals surface area contributed by atoms with Crippen molar-refractivity contribution in [2.75, 3.05) is 43.6 Å². The van der Waals surface area contributed by atoms with Crippen LogP contribution >= 0.6 is 22.7 Å². The molecule has 0 unspecified atom stereocenters. The number of alkyl carbamates (subject to hydrolysis) is 1. The molecule has 13 N–H and O–H groups in total. The van der Waals surface area contributed by atoms with E-state index >= 15 is 4.79 Å². The van der Waals surface area contributed by atoms with Crippen molar-refractivity contribution in [3.63, 3.8) is 0 Å². The van der Waals surface area contributed by atoms with E-state index in [0.29, 0.717) is 27.9 Å². The SMILES string of the molecule is Cc1c(N)nc(CN(C[C@H](NC(=O)OC(C)(C)C)C(N)=O)C(=O)OC(C)(C)C)nc1C(=O)N[C@H](C(=O)N[C@H](C)[C@@H](O)[C@H](C)C(=O)N[C@H](C(=O)NCCc1nc(-c2nc(C(=O)NCCC[S+](C)C)cs2)cs1)[C@@H](C)O)[C@@H](O)c1cn(C(c2ccccc2)(c2ccccc2)c2ccccc2)cn1. The van der Waals surface area contributed by atoms with Crippen LogP contribution in [0.15, 0.2) is 114 Å². The maximum Gasteiger partial charge on any atom is 0.410 e. The van der Waals surface area contributed by atoms with Crippen molar-refractivity contribution in [2.24, 2.45) is 11.7 Å². The fourth-order valence-corrected chi connectivity index (χ4v) is 12.9. The summed E-state index contributed by atoms with van der Waals surface area (Å²) in [4.78, 5) is 133. The Labute approximate surface area is 591 Å². The normalized spacial score (nSPS) is 14.2. The van der Waals surface area contributed by atoms with E-state index in [1.807, 2.05) is 91.0 Å². The first kappa shape index (κ1) is 77.9. The van der Waals surface area contributed by atoms with Gasteiger partial charge in [0, 0.05) is 48.5 Å². The number of aromatic nitrogens is 6. The van der Waals surface area contributed by atoms with Gasteiger partial charge < -0.3 is 72.7 Å². The quantitative estimate of drug-likeness (QED) is 0.0160. The summed E-state index contributed by atoms with van der Waals surface area (Å²) >= 11 is 2.61. The van der Waals surface area contributed by atoms with Gasteiger partial charge >= 0.3 is 12.2 Å². The molecular weight excluding hydrogens is 1340 g/mol. The monoisotopic (exact) mass is 1430 g/mol. The van der Waals surface area contributed by atoms with Crippen molar-refractivity contribution in [1.29, 1.82) is 0 Å². The number of amides is 8. The average Bonchev–Trinajstić information content (AvgIpc) is 1.34. The third-order valence-corrected chi connectivity index (χ3v) is 18.5. The predicted molar refractivity (Wildman–Crippen MR) is 381 cm³/mol. The molecule has 3 aromatic carbocycles. The molecule has 0 radical (unpaired) electrons. The number of primary amides is 1. The third-order valence-electron chi connectivity index (χ3n) is 15.6. The lowest BCUT2D eigenvalue weighted by molar-refractivity contribution is -0.136. The highest BCUT2D eigenvalue weighted by Gasteiger charge is 2.42. The van der Waals surface area contributed by atoms with Crippen molar-refractivity contribution in [1.82, 2.24) is 66.3 Å². The summed E-state index contributed by atoms with van der Waals surface area (Å²) in [6.45, 7) is 14.4. The summed E-state index contributed by atoms with van der Waals surface area (Å²) in [6, 6.07) is 22.2. The Morgan fingerprint density at radius 2 is 1.29 bits per heavy atom. The average molecular weight is 1430 g/mol. The number of nitrogens with two attached hydrogens (primary N) is 2. The van der Waals surface area contributed by atoms with Gasteiger partial charge in [0.15, 0.2) is 5.82 Å². The molecule has 536 valence electrons. The number of rotatable bonds is 31. The number of nitrogen functional groups attached to an aromatic ring is 1. The predicted octanol–water partition coefficient (Wildman–Crippen LogP) is 4.66. The fraction of sp³-hybridized carbons (Fsp3) is 0.435. The number of nitrogens with one attached hydrogen (secondary N) is 6. The van der Waals surface area contributed by atoms with Gasteiger partial charge in [0.2, 0.25) is 23.6 Å². The highest BCUT2D eigenvalue weighted by atomic mass is 32.2. The Morgan fingerprint density at radius 1 is 0.690 bits per heavy atom. The van der Waals surface area contributed by atoms with Gasteiger partial charge in [-0.2, -0.15) is 0 Å². The van der Waals surface area contributed by atoms with Gasteiger partial charge in [-0.05, 0) is 89.9 Å². The standard InChI is InChI=1S/C69H89N15O13S3/c1-39-52(79-50(80-57(39)70)35-83(66(95)97-68(8,9)10)33-47(58(71)88)78-65(94)96-67(5,6)7)62(92)82-54(56(87)46-34-84(38-74-46)69(43-23-16-13-17-24-43,44-25-18-14-19-26-44)45-27-20-15-21-28-45)63(93)75-41(3)55(86)40(2)59(89)81-53(42(4)85)61(91)73-31-29-51-76-49(37-98-51)64-77-48(36-99-64)60(90)72-30-22-32-100(11)12/h13-21,23-28,34,36-38,40-42,47,53-56,85-87H,22,29-33,35H2,1-12H3,(H9-,70,71,72,73,75,78,79,80,81,82,88,89,90,91,92,93,94)/p+1/t40-,41+,42+,47-,53-,54-,55-,56-/m0/s1. The van der Waals surface area contributed by atoms with Gasteiger partial charge in [-0.1, -0.05) is 97.9 Å². The summed E-state index contributed by atoms with van der Waals surface area (Å²) in [7, 11) is 0.276.